The summed E-state index contributed by atoms with van der Waals surface area (Å²) >= 11 is 0. The van der Waals surface area contributed by atoms with Crippen molar-refractivity contribution in [3.8, 4) is 0 Å². The smallest absolute Gasteiger partial charge is 0.132 e. The molecule has 0 aliphatic carbocycles. The number of nitrogens with zero attached hydrogens (tertiary/aromatic N) is 3. The maximum atomic E-state index is 4.46. The summed E-state index contributed by atoms with van der Waals surface area (Å²) in [4.78, 5) is 12.9. The van der Waals surface area contributed by atoms with Crippen LogP contribution in [0.1, 0.15) is 37.1 Å². The molecule has 1 N–H and O–H groups in total. The van der Waals surface area contributed by atoms with Gasteiger partial charge in [-0.15, -0.1) is 0 Å². The molecule has 4 heteroatoms. The molecule has 2 heterocycles. The van der Waals surface area contributed by atoms with Gasteiger partial charge in [-0.05, 0) is 31.0 Å². The third-order valence-corrected chi connectivity index (χ3v) is 3.00. The van der Waals surface area contributed by atoms with E-state index < -0.39 is 0 Å². The van der Waals surface area contributed by atoms with Crippen LogP contribution in [0, 0.1) is 0 Å². The van der Waals surface area contributed by atoms with Crippen LogP contribution in [0.25, 0.3) is 0 Å². The van der Waals surface area contributed by atoms with Gasteiger partial charge in [-0.2, -0.15) is 0 Å². The second-order valence-corrected chi connectivity index (χ2v) is 4.46. The molecule has 2 rings (SSSR count). The lowest BCUT2D eigenvalue weighted by molar-refractivity contribution is 0.865. The molecule has 0 amide bonds. The van der Waals surface area contributed by atoms with E-state index in [0.717, 1.165) is 37.3 Å². The molecule has 0 radical (unpaired) electrons. The minimum absolute atomic E-state index is 0.832. The van der Waals surface area contributed by atoms with E-state index in [1.165, 1.54) is 11.1 Å². The van der Waals surface area contributed by atoms with E-state index in [9.17, 15) is 0 Å². The molecule has 2 aromatic rings. The Hall–Kier alpha value is -1.97. The lowest BCUT2D eigenvalue weighted by Gasteiger charge is -2.13. The molecule has 0 saturated carbocycles. The number of anilines is 1. The minimum atomic E-state index is 0.832. The van der Waals surface area contributed by atoms with Crippen LogP contribution < -0.4 is 5.32 Å². The molecule has 0 spiro atoms. The molecule has 100 valence electrons. The average Bonchev–Trinajstić information content (AvgIpc) is 2.44. The predicted molar refractivity (Wildman–Crippen MR) is 77.2 cm³/mol. The Bertz CT molecular complexity index is 511. The number of rotatable bonds is 6. The zero-order valence-electron chi connectivity index (χ0n) is 11.6. The molecule has 0 saturated heterocycles. The fraction of sp³-hybridized carbons (Fsp3) is 0.400. The Morgan fingerprint density at radius 1 is 1.11 bits per heavy atom. The molecule has 0 aromatic carbocycles. The third kappa shape index (κ3) is 3.50. The minimum Gasteiger partial charge on any atom is -0.370 e. The first-order valence-corrected chi connectivity index (χ1v) is 6.80. The molecular weight excluding hydrogens is 236 g/mol. The molecule has 0 aliphatic heterocycles. The van der Waals surface area contributed by atoms with Crippen LogP contribution in [0.3, 0.4) is 0 Å². The average molecular weight is 256 g/mol. The van der Waals surface area contributed by atoms with Gasteiger partial charge in [-0.3, -0.25) is 4.98 Å². The molecule has 19 heavy (non-hydrogen) atoms. The summed E-state index contributed by atoms with van der Waals surface area (Å²) in [5, 5.41) is 3.32. The highest BCUT2D eigenvalue weighted by Gasteiger charge is 2.10. The first-order valence-electron chi connectivity index (χ1n) is 6.80. The predicted octanol–water partition coefficient (Wildman–Crippen LogP) is 2.85. The molecule has 0 fully saturated rings. The molecule has 0 unspecified atom stereocenters. The summed E-state index contributed by atoms with van der Waals surface area (Å²) in [5.41, 5.74) is 3.58. The van der Waals surface area contributed by atoms with Crippen molar-refractivity contribution in [2.45, 2.75) is 33.1 Å². The van der Waals surface area contributed by atoms with E-state index >= 15 is 0 Å². The number of pyridine rings is 1. The van der Waals surface area contributed by atoms with Crippen molar-refractivity contribution in [3.63, 3.8) is 0 Å². The lowest BCUT2D eigenvalue weighted by Crippen LogP contribution is -2.08. The Morgan fingerprint density at radius 3 is 2.58 bits per heavy atom. The number of hydrogen-bond donors (Lipinski definition) is 1. The summed E-state index contributed by atoms with van der Waals surface area (Å²) in [7, 11) is 0. The van der Waals surface area contributed by atoms with Crippen LogP contribution in [-0.2, 0) is 12.8 Å². The van der Waals surface area contributed by atoms with Crippen molar-refractivity contribution in [1.82, 2.24) is 15.0 Å². The zero-order chi connectivity index (χ0) is 13.5. The maximum Gasteiger partial charge on any atom is 0.132 e. The molecule has 0 aliphatic rings. The Morgan fingerprint density at radius 2 is 1.89 bits per heavy atom. The highest BCUT2D eigenvalue weighted by molar-refractivity contribution is 5.47. The Kier molecular flexibility index (Phi) is 4.84. The first-order chi connectivity index (χ1) is 9.35. The van der Waals surface area contributed by atoms with Crippen LogP contribution in [-0.4, -0.2) is 21.5 Å². The second kappa shape index (κ2) is 6.83. The largest absolute Gasteiger partial charge is 0.370 e. The van der Waals surface area contributed by atoms with Gasteiger partial charge in [0.05, 0.1) is 5.69 Å². The maximum absolute atomic E-state index is 4.46. The highest BCUT2D eigenvalue weighted by Crippen LogP contribution is 2.19. The van der Waals surface area contributed by atoms with Crippen molar-refractivity contribution in [3.05, 3.63) is 47.7 Å². The molecule has 0 bridgehead atoms. The summed E-state index contributed by atoms with van der Waals surface area (Å²) in [5.74, 6) is 0.975. The van der Waals surface area contributed by atoms with Gasteiger partial charge in [0, 0.05) is 30.9 Å². The summed E-state index contributed by atoms with van der Waals surface area (Å²) < 4.78 is 0. The fourth-order valence-electron chi connectivity index (χ4n) is 2.13. The summed E-state index contributed by atoms with van der Waals surface area (Å²) in [6.45, 7) is 5.14. The van der Waals surface area contributed by atoms with Gasteiger partial charge in [-0.1, -0.05) is 13.3 Å². The van der Waals surface area contributed by atoms with Crippen LogP contribution in [0.2, 0.25) is 0 Å². The van der Waals surface area contributed by atoms with Gasteiger partial charge in [0.15, 0.2) is 0 Å². The van der Waals surface area contributed by atoms with Crippen LogP contribution >= 0.6 is 0 Å². The quantitative estimate of drug-likeness (QED) is 0.863. The number of hydrogen-bond acceptors (Lipinski definition) is 4. The molecular formula is C15H20N4. The molecule has 0 atom stereocenters. The van der Waals surface area contributed by atoms with E-state index in [2.05, 4.69) is 34.1 Å². The zero-order valence-corrected chi connectivity index (χ0v) is 11.6. The normalized spacial score (nSPS) is 10.4. The van der Waals surface area contributed by atoms with E-state index in [0.29, 0.717) is 0 Å². The van der Waals surface area contributed by atoms with Crippen LogP contribution in [0.15, 0.2) is 30.9 Å². The van der Waals surface area contributed by atoms with Gasteiger partial charge >= 0.3 is 0 Å². The fourth-order valence-corrected chi connectivity index (χ4v) is 2.13. The number of aromatic nitrogens is 3. The van der Waals surface area contributed by atoms with Crippen LogP contribution in [0.5, 0.6) is 0 Å². The molecule has 4 nitrogen and oxygen atoms in total. The van der Waals surface area contributed by atoms with Gasteiger partial charge in [-0.25, -0.2) is 9.97 Å². The van der Waals surface area contributed by atoms with Crippen molar-refractivity contribution in [2.75, 3.05) is 11.9 Å². The van der Waals surface area contributed by atoms with Gasteiger partial charge in [0.1, 0.15) is 12.1 Å². The van der Waals surface area contributed by atoms with Crippen molar-refractivity contribution >= 4 is 5.82 Å². The van der Waals surface area contributed by atoms with Gasteiger partial charge in [0.25, 0.3) is 0 Å². The number of nitrogens with one attached hydrogen (secondary N) is 1. The Labute approximate surface area is 114 Å². The van der Waals surface area contributed by atoms with Gasteiger partial charge in [0.2, 0.25) is 0 Å². The second-order valence-electron chi connectivity index (χ2n) is 4.46. The monoisotopic (exact) mass is 256 g/mol. The molecule has 2 aromatic heterocycles. The van der Waals surface area contributed by atoms with Crippen molar-refractivity contribution in [2.24, 2.45) is 0 Å². The highest BCUT2D eigenvalue weighted by atomic mass is 15.0. The SMILES string of the molecule is CCCc1c(Cc2ccncc2)ncnc1NCC. The topological polar surface area (TPSA) is 50.7 Å². The van der Waals surface area contributed by atoms with Crippen LogP contribution in [0.4, 0.5) is 5.82 Å². The summed E-state index contributed by atoms with van der Waals surface area (Å²) in [6, 6.07) is 4.06. The third-order valence-electron chi connectivity index (χ3n) is 3.00. The van der Waals surface area contributed by atoms with Gasteiger partial charge < -0.3 is 5.32 Å². The lowest BCUT2D eigenvalue weighted by atomic mass is 10.0. The van der Waals surface area contributed by atoms with E-state index in [1.54, 1.807) is 6.33 Å². The van der Waals surface area contributed by atoms with Crippen molar-refractivity contribution < 1.29 is 0 Å². The van der Waals surface area contributed by atoms with E-state index in [1.807, 2.05) is 24.5 Å². The first kappa shape index (κ1) is 13.5. The summed E-state index contributed by atoms with van der Waals surface area (Å²) in [6.07, 6.45) is 8.22. The standard InChI is InChI=1S/C15H20N4/c1-3-5-13-14(10-12-6-8-16-9-7-12)18-11-19-15(13)17-4-2/h6-9,11H,3-5,10H2,1-2H3,(H,17,18,19). The Balaban J connectivity index is 2.30. The van der Waals surface area contributed by atoms with E-state index in [4.69, 9.17) is 0 Å². The van der Waals surface area contributed by atoms with E-state index in [-0.39, 0.29) is 0 Å². The van der Waals surface area contributed by atoms with Crippen molar-refractivity contribution in [1.29, 1.82) is 0 Å².